The van der Waals surface area contributed by atoms with Gasteiger partial charge >= 0.3 is 0 Å². The third-order valence-electron chi connectivity index (χ3n) is 3.22. The zero-order chi connectivity index (χ0) is 16.6. The largest absolute Gasteiger partial charge is 0.359 e. The molecular weight excluding hydrogens is 283 g/mol. The minimum Gasteiger partial charge on any atom is -0.359 e. The van der Waals surface area contributed by atoms with Crippen LogP contribution in [0.3, 0.4) is 0 Å². The molecule has 0 aromatic heterocycles. The minimum atomic E-state index is -0.541. The third kappa shape index (κ3) is 5.71. The number of amides is 1. The van der Waals surface area contributed by atoms with Crippen molar-refractivity contribution in [3.63, 3.8) is 0 Å². The molecule has 0 atom stereocenters. The summed E-state index contributed by atoms with van der Waals surface area (Å²) in [5.74, 6) is 0.336. The number of hydrogen-bond donors (Lipinski definition) is 3. The molecule has 0 fully saturated rings. The van der Waals surface area contributed by atoms with E-state index in [9.17, 15) is 9.18 Å². The summed E-state index contributed by atoms with van der Waals surface area (Å²) in [5.41, 5.74) is 0.380. The highest BCUT2D eigenvalue weighted by Crippen LogP contribution is 2.13. The molecule has 1 amide bonds. The number of rotatable bonds is 6. The summed E-state index contributed by atoms with van der Waals surface area (Å²) in [7, 11) is 1.62. The standard InChI is InChI=1S/C16H25FN4O/c1-5-19-15(21-11-16(2,3)14(22)18-4)20-10-12-6-8-13(17)9-7-12/h6-9H,5,10-11H2,1-4H3,(H,18,22)(H2,19,20,21). The number of aliphatic imine (C=N–C) groups is 1. The molecule has 3 N–H and O–H groups in total. The number of nitrogens with one attached hydrogen (secondary N) is 3. The number of halogens is 1. The Hall–Kier alpha value is -2.11. The Balaban J connectivity index is 2.66. The molecule has 6 heteroatoms. The molecule has 1 aromatic rings. The lowest BCUT2D eigenvalue weighted by atomic mass is 9.92. The van der Waals surface area contributed by atoms with Crippen LogP contribution in [-0.2, 0) is 11.3 Å². The van der Waals surface area contributed by atoms with Gasteiger partial charge in [0.2, 0.25) is 5.91 Å². The van der Waals surface area contributed by atoms with Crippen LogP contribution >= 0.6 is 0 Å². The molecule has 0 aliphatic rings. The van der Waals surface area contributed by atoms with Crippen LogP contribution in [-0.4, -0.2) is 32.0 Å². The molecule has 122 valence electrons. The van der Waals surface area contributed by atoms with E-state index in [-0.39, 0.29) is 11.7 Å². The van der Waals surface area contributed by atoms with Crippen LogP contribution in [0.4, 0.5) is 4.39 Å². The topological polar surface area (TPSA) is 65.5 Å². The van der Waals surface area contributed by atoms with Gasteiger partial charge in [0, 0.05) is 20.1 Å². The van der Waals surface area contributed by atoms with E-state index in [0.29, 0.717) is 19.0 Å². The van der Waals surface area contributed by atoms with Gasteiger partial charge in [-0.3, -0.25) is 4.79 Å². The smallest absolute Gasteiger partial charge is 0.227 e. The molecule has 0 spiro atoms. The van der Waals surface area contributed by atoms with E-state index in [0.717, 1.165) is 12.1 Å². The van der Waals surface area contributed by atoms with Gasteiger partial charge in [0.05, 0.1) is 12.0 Å². The first-order valence-electron chi connectivity index (χ1n) is 7.38. The molecule has 0 aliphatic heterocycles. The van der Waals surface area contributed by atoms with Crippen molar-refractivity contribution in [1.82, 2.24) is 16.0 Å². The predicted octanol–water partition coefficient (Wildman–Crippen LogP) is 1.65. The second-order valence-corrected chi connectivity index (χ2v) is 5.64. The third-order valence-corrected chi connectivity index (χ3v) is 3.22. The molecule has 0 aliphatic carbocycles. The van der Waals surface area contributed by atoms with Crippen molar-refractivity contribution < 1.29 is 9.18 Å². The molecule has 1 rings (SSSR count). The molecular formula is C16H25FN4O. The van der Waals surface area contributed by atoms with Crippen molar-refractivity contribution in [2.24, 2.45) is 10.4 Å². The van der Waals surface area contributed by atoms with Crippen molar-refractivity contribution in [3.05, 3.63) is 35.6 Å². The first-order chi connectivity index (χ1) is 10.4. The van der Waals surface area contributed by atoms with Crippen LogP contribution in [0.1, 0.15) is 26.3 Å². The van der Waals surface area contributed by atoms with E-state index in [4.69, 9.17) is 0 Å². The van der Waals surface area contributed by atoms with Gasteiger partial charge in [-0.25, -0.2) is 9.38 Å². The van der Waals surface area contributed by atoms with Gasteiger partial charge in [-0.15, -0.1) is 0 Å². The Morgan fingerprint density at radius 2 is 1.86 bits per heavy atom. The van der Waals surface area contributed by atoms with E-state index in [1.807, 2.05) is 20.8 Å². The fourth-order valence-electron chi connectivity index (χ4n) is 1.83. The number of carbonyl (C=O) groups is 1. The van der Waals surface area contributed by atoms with Gasteiger partial charge in [-0.1, -0.05) is 12.1 Å². The van der Waals surface area contributed by atoms with Gasteiger partial charge in [0.15, 0.2) is 5.96 Å². The van der Waals surface area contributed by atoms with Crippen LogP contribution in [0.15, 0.2) is 29.3 Å². The Kier molecular flexibility index (Phi) is 6.82. The highest BCUT2D eigenvalue weighted by Gasteiger charge is 2.26. The van der Waals surface area contributed by atoms with Gasteiger partial charge in [-0.2, -0.15) is 0 Å². The first-order valence-corrected chi connectivity index (χ1v) is 7.38. The number of nitrogens with zero attached hydrogens (tertiary/aromatic N) is 1. The highest BCUT2D eigenvalue weighted by molar-refractivity contribution is 5.84. The SMILES string of the molecule is CCNC(=NCc1ccc(F)cc1)NCC(C)(C)C(=O)NC. The summed E-state index contributed by atoms with van der Waals surface area (Å²) in [6.45, 7) is 7.32. The molecule has 1 aromatic carbocycles. The number of benzene rings is 1. The normalized spacial score (nSPS) is 12.0. The summed E-state index contributed by atoms with van der Waals surface area (Å²) in [4.78, 5) is 16.2. The first kappa shape index (κ1) is 17.9. The molecule has 0 radical (unpaired) electrons. The summed E-state index contributed by atoms with van der Waals surface area (Å²) < 4.78 is 12.9. The lowest BCUT2D eigenvalue weighted by molar-refractivity contribution is -0.128. The summed E-state index contributed by atoms with van der Waals surface area (Å²) >= 11 is 0. The van der Waals surface area contributed by atoms with E-state index in [1.54, 1.807) is 19.2 Å². The van der Waals surface area contributed by atoms with Crippen molar-refractivity contribution in [1.29, 1.82) is 0 Å². The Labute approximate surface area is 131 Å². The predicted molar refractivity (Wildman–Crippen MR) is 87.1 cm³/mol. The molecule has 0 saturated carbocycles. The fraction of sp³-hybridized carbons (Fsp3) is 0.500. The van der Waals surface area contributed by atoms with Crippen molar-refractivity contribution in [3.8, 4) is 0 Å². The summed E-state index contributed by atoms with van der Waals surface area (Å²) in [5, 5.41) is 8.94. The Bertz CT molecular complexity index is 511. The Morgan fingerprint density at radius 3 is 2.41 bits per heavy atom. The number of guanidine groups is 1. The zero-order valence-electron chi connectivity index (χ0n) is 13.7. The quantitative estimate of drug-likeness (QED) is 0.553. The summed E-state index contributed by atoms with van der Waals surface area (Å²) in [6.07, 6.45) is 0. The van der Waals surface area contributed by atoms with E-state index < -0.39 is 5.41 Å². The van der Waals surface area contributed by atoms with Crippen molar-refractivity contribution in [2.75, 3.05) is 20.1 Å². The maximum Gasteiger partial charge on any atom is 0.227 e. The number of carbonyl (C=O) groups excluding carboxylic acids is 1. The van der Waals surface area contributed by atoms with Crippen LogP contribution < -0.4 is 16.0 Å². The Morgan fingerprint density at radius 1 is 1.23 bits per heavy atom. The van der Waals surface area contributed by atoms with Crippen LogP contribution in [0.25, 0.3) is 0 Å². The minimum absolute atomic E-state index is 0.0330. The molecule has 0 heterocycles. The maximum absolute atomic E-state index is 12.9. The van der Waals surface area contributed by atoms with Gasteiger partial charge < -0.3 is 16.0 Å². The summed E-state index contributed by atoms with van der Waals surface area (Å²) in [6, 6.07) is 6.24. The average molecular weight is 308 g/mol. The maximum atomic E-state index is 12.9. The monoisotopic (exact) mass is 308 g/mol. The number of hydrogen-bond acceptors (Lipinski definition) is 2. The second kappa shape index (κ2) is 8.36. The van der Waals surface area contributed by atoms with E-state index >= 15 is 0 Å². The van der Waals surface area contributed by atoms with Crippen LogP contribution in [0.5, 0.6) is 0 Å². The van der Waals surface area contributed by atoms with Crippen molar-refractivity contribution >= 4 is 11.9 Å². The lowest BCUT2D eigenvalue weighted by Crippen LogP contribution is -2.47. The second-order valence-electron chi connectivity index (χ2n) is 5.64. The van der Waals surface area contributed by atoms with Crippen LogP contribution in [0, 0.1) is 11.2 Å². The molecule has 5 nitrogen and oxygen atoms in total. The fourth-order valence-corrected chi connectivity index (χ4v) is 1.83. The lowest BCUT2D eigenvalue weighted by Gasteiger charge is -2.24. The van der Waals surface area contributed by atoms with Gasteiger partial charge in [0.25, 0.3) is 0 Å². The molecule has 22 heavy (non-hydrogen) atoms. The molecule has 0 unspecified atom stereocenters. The molecule has 0 saturated heterocycles. The zero-order valence-corrected chi connectivity index (χ0v) is 13.7. The van der Waals surface area contributed by atoms with Crippen molar-refractivity contribution in [2.45, 2.75) is 27.3 Å². The van der Waals surface area contributed by atoms with Gasteiger partial charge in [0.1, 0.15) is 5.82 Å². The van der Waals surface area contributed by atoms with E-state index in [1.165, 1.54) is 12.1 Å². The van der Waals surface area contributed by atoms with E-state index in [2.05, 4.69) is 20.9 Å². The average Bonchev–Trinajstić information content (AvgIpc) is 2.50. The molecule has 0 bridgehead atoms. The van der Waals surface area contributed by atoms with Crippen LogP contribution in [0.2, 0.25) is 0 Å². The highest BCUT2D eigenvalue weighted by atomic mass is 19.1. The van der Waals surface area contributed by atoms with Gasteiger partial charge in [-0.05, 0) is 38.5 Å².